The second kappa shape index (κ2) is 14.4. The molecule has 3 aromatic rings. The third-order valence-electron chi connectivity index (χ3n) is 4.05. The second-order valence-corrected chi connectivity index (χ2v) is 13.6. The normalized spacial score (nSPS) is 9.35. The van der Waals surface area contributed by atoms with Crippen LogP contribution in [0.4, 0.5) is 0 Å². The van der Waals surface area contributed by atoms with Crippen LogP contribution in [0.2, 0.25) is 5.76 Å². The molecule has 0 spiro atoms. The third kappa shape index (κ3) is 6.18. The van der Waals surface area contributed by atoms with Gasteiger partial charge in [-0.05, 0) is 0 Å². The summed E-state index contributed by atoms with van der Waals surface area (Å²) in [5, 5.41) is 0. The van der Waals surface area contributed by atoms with Crippen LogP contribution in [0.1, 0.15) is 41.5 Å². The molecule has 0 aromatic heterocycles. The molecular weight excluding hydrogens is 373 g/mol. The fourth-order valence-electron chi connectivity index (χ4n) is 2.81. The van der Waals surface area contributed by atoms with Gasteiger partial charge >= 0.3 is 123 Å². The summed E-state index contributed by atoms with van der Waals surface area (Å²) in [7, 11) is 0. The average molecular weight is 409 g/mol. The summed E-state index contributed by atoms with van der Waals surface area (Å²) in [6.45, 7) is 12.0. The minimum atomic E-state index is -2.49. The van der Waals surface area contributed by atoms with Gasteiger partial charge in [0.25, 0.3) is 0 Å². The van der Waals surface area contributed by atoms with Gasteiger partial charge in [0.2, 0.25) is 0 Å². The summed E-state index contributed by atoms with van der Waals surface area (Å²) < 4.78 is 4.51. The zero-order valence-corrected chi connectivity index (χ0v) is 19.8. The average Bonchev–Trinajstić information content (AvgIpc) is 2.79. The van der Waals surface area contributed by atoms with Gasteiger partial charge in [0, 0.05) is 0 Å². The van der Waals surface area contributed by atoms with Crippen LogP contribution in [0.3, 0.4) is 0 Å². The first-order valence-corrected chi connectivity index (χ1v) is 15.2. The van der Waals surface area contributed by atoms with E-state index in [9.17, 15) is 0 Å². The van der Waals surface area contributed by atoms with Crippen molar-refractivity contribution < 1.29 is 0 Å². The van der Waals surface area contributed by atoms with Gasteiger partial charge < -0.3 is 0 Å². The first-order valence-electron chi connectivity index (χ1n) is 9.98. The molecule has 0 aliphatic rings. The molecule has 140 valence electrons. The molecule has 0 N–H and O–H groups in total. The number of benzene rings is 3. The van der Waals surface area contributed by atoms with E-state index in [1.807, 2.05) is 41.5 Å². The van der Waals surface area contributed by atoms with Crippen molar-refractivity contribution in [3.05, 3.63) is 91.0 Å². The zero-order valence-electron chi connectivity index (χ0n) is 17.7. The monoisotopic (exact) mass is 410 g/mol. The molecule has 26 heavy (non-hydrogen) atoms. The molecule has 3 rings (SSSR count). The van der Waals surface area contributed by atoms with Crippen LogP contribution in [0.25, 0.3) is 0 Å². The van der Waals surface area contributed by atoms with Crippen molar-refractivity contribution in [3.63, 3.8) is 0 Å². The Morgan fingerprint density at radius 3 is 0.769 bits per heavy atom. The number of hydrogen-bond acceptors (Lipinski definition) is 0. The van der Waals surface area contributed by atoms with E-state index in [1.165, 1.54) is 13.2 Å². The first kappa shape index (κ1) is 24.2. The van der Waals surface area contributed by atoms with E-state index < -0.39 is 13.3 Å². The van der Waals surface area contributed by atoms with E-state index in [1.54, 1.807) is 0 Å². The Morgan fingerprint density at radius 2 is 0.577 bits per heavy atom. The van der Waals surface area contributed by atoms with Crippen LogP contribution in [0.5, 0.6) is 0 Å². The van der Waals surface area contributed by atoms with Crippen molar-refractivity contribution in [1.29, 1.82) is 0 Å². The summed E-state index contributed by atoms with van der Waals surface area (Å²) >= 11 is -2.49. The van der Waals surface area contributed by atoms with E-state index in [4.69, 9.17) is 0 Å². The second-order valence-electron chi connectivity index (χ2n) is 5.22. The molecule has 0 radical (unpaired) electrons. The van der Waals surface area contributed by atoms with Crippen LogP contribution in [-0.2, 0) is 0 Å². The Labute approximate surface area is 164 Å². The molecule has 1 heteroatoms. The predicted octanol–water partition coefficient (Wildman–Crippen LogP) is 5.87. The van der Waals surface area contributed by atoms with Crippen molar-refractivity contribution in [2.45, 2.75) is 47.3 Å². The molecule has 0 atom stereocenters. The van der Waals surface area contributed by atoms with Crippen LogP contribution in [0, 0.1) is 0 Å². The van der Waals surface area contributed by atoms with Crippen molar-refractivity contribution in [2.75, 3.05) is 0 Å². The SMILES string of the molecule is CC.CC.CC.[CH3][Ge]([c]1ccccc1)([c]1ccccc1)[c]1ccccc1. The number of rotatable bonds is 3. The van der Waals surface area contributed by atoms with Crippen LogP contribution in [-0.4, -0.2) is 13.3 Å². The molecular formula is C25H36Ge. The quantitative estimate of drug-likeness (QED) is 0.475. The van der Waals surface area contributed by atoms with E-state index >= 15 is 0 Å². The molecule has 0 aliphatic heterocycles. The van der Waals surface area contributed by atoms with Gasteiger partial charge in [-0.2, -0.15) is 0 Å². The fraction of sp³-hybridized carbons (Fsp3) is 0.280. The molecule has 0 heterocycles. The van der Waals surface area contributed by atoms with Crippen molar-refractivity contribution in [1.82, 2.24) is 0 Å². The molecule has 0 saturated heterocycles. The van der Waals surface area contributed by atoms with E-state index in [-0.39, 0.29) is 0 Å². The Kier molecular flexibility index (Phi) is 13.4. The van der Waals surface area contributed by atoms with Gasteiger partial charge in [0.05, 0.1) is 0 Å². The molecule has 3 aromatic carbocycles. The maximum atomic E-state index is 2.49. The maximum absolute atomic E-state index is 2.49. The summed E-state index contributed by atoms with van der Waals surface area (Å²) in [5.41, 5.74) is 0. The Morgan fingerprint density at radius 1 is 0.385 bits per heavy atom. The summed E-state index contributed by atoms with van der Waals surface area (Å²) in [6, 6.07) is 33.0. The van der Waals surface area contributed by atoms with Gasteiger partial charge in [-0.1, -0.05) is 41.5 Å². The summed E-state index contributed by atoms with van der Waals surface area (Å²) in [4.78, 5) is 0. The molecule has 0 fully saturated rings. The van der Waals surface area contributed by atoms with E-state index in [0.717, 1.165) is 0 Å². The van der Waals surface area contributed by atoms with Gasteiger partial charge in [-0.25, -0.2) is 0 Å². The summed E-state index contributed by atoms with van der Waals surface area (Å²) in [5.74, 6) is 2.49. The molecule has 0 bridgehead atoms. The Hall–Kier alpha value is -1.80. The van der Waals surface area contributed by atoms with Gasteiger partial charge in [-0.3, -0.25) is 0 Å². The Bertz CT molecular complexity index is 564. The minimum absolute atomic E-state index is 1.50. The predicted molar refractivity (Wildman–Crippen MR) is 124 cm³/mol. The van der Waals surface area contributed by atoms with Gasteiger partial charge in [0.15, 0.2) is 0 Å². The van der Waals surface area contributed by atoms with Crippen molar-refractivity contribution >= 4 is 26.5 Å². The third-order valence-corrected chi connectivity index (χ3v) is 13.4. The molecule has 0 unspecified atom stereocenters. The van der Waals surface area contributed by atoms with Crippen LogP contribution >= 0.6 is 0 Å². The van der Waals surface area contributed by atoms with E-state index in [2.05, 4.69) is 96.8 Å². The first-order chi connectivity index (χ1) is 12.8. The standard InChI is InChI=1S/C19H18Ge.3C2H6/c1-20(17-11-5-2-6-12-17,18-13-7-3-8-14-18)19-15-9-4-10-16-19;3*1-2/h2-16H,1H3;3*1-2H3. The van der Waals surface area contributed by atoms with Gasteiger partial charge in [0.1, 0.15) is 0 Å². The topological polar surface area (TPSA) is 0 Å². The fourth-order valence-corrected chi connectivity index (χ4v) is 10.3. The number of hydrogen-bond donors (Lipinski definition) is 0. The van der Waals surface area contributed by atoms with Crippen molar-refractivity contribution in [2.24, 2.45) is 0 Å². The zero-order chi connectivity index (χ0) is 19.8. The Balaban J connectivity index is 0.000000948. The van der Waals surface area contributed by atoms with E-state index in [0.29, 0.717) is 0 Å². The molecule has 0 saturated carbocycles. The van der Waals surface area contributed by atoms with Crippen LogP contribution < -0.4 is 13.2 Å². The van der Waals surface area contributed by atoms with Crippen LogP contribution in [0.15, 0.2) is 91.0 Å². The summed E-state index contributed by atoms with van der Waals surface area (Å²) in [6.07, 6.45) is 0. The molecule has 0 amide bonds. The van der Waals surface area contributed by atoms with Crippen molar-refractivity contribution in [3.8, 4) is 0 Å². The molecule has 0 nitrogen and oxygen atoms in total. The van der Waals surface area contributed by atoms with Gasteiger partial charge in [-0.15, -0.1) is 0 Å². The molecule has 0 aliphatic carbocycles.